The van der Waals surface area contributed by atoms with Crippen LogP contribution in [0.5, 0.6) is 5.75 Å². The first-order valence-corrected chi connectivity index (χ1v) is 7.60. The van der Waals surface area contributed by atoms with Crippen molar-refractivity contribution in [1.82, 2.24) is 10.3 Å². The Morgan fingerprint density at radius 3 is 2.60 bits per heavy atom. The van der Waals surface area contributed by atoms with Crippen LogP contribution >= 0.6 is 15.9 Å². The first-order chi connectivity index (χ1) is 9.78. The first-order valence-electron chi connectivity index (χ1n) is 6.81. The van der Waals surface area contributed by atoms with Gasteiger partial charge >= 0.3 is 0 Å². The zero-order valence-corrected chi connectivity index (χ0v) is 13.2. The summed E-state index contributed by atoms with van der Waals surface area (Å²) < 4.78 is 6.73. The smallest absolute Gasteiger partial charge is 0.130 e. The summed E-state index contributed by atoms with van der Waals surface area (Å²) in [5.74, 6) is 0.851. The standard InChI is InChI=1S/C16H19BrN2O/c1-2-9-18-10-13-3-6-15(19-11-13)12-20-16-7-4-14(17)5-8-16/h3-8,11,18H,2,9-10,12H2,1H3. The van der Waals surface area contributed by atoms with Gasteiger partial charge in [0, 0.05) is 17.2 Å². The van der Waals surface area contributed by atoms with E-state index in [4.69, 9.17) is 4.74 Å². The molecule has 2 aromatic rings. The largest absolute Gasteiger partial charge is 0.487 e. The third-order valence-electron chi connectivity index (χ3n) is 2.84. The summed E-state index contributed by atoms with van der Waals surface area (Å²) in [6.07, 6.45) is 3.05. The molecule has 0 aliphatic rings. The monoisotopic (exact) mass is 334 g/mol. The number of aromatic nitrogens is 1. The van der Waals surface area contributed by atoms with Crippen LogP contribution in [0.2, 0.25) is 0 Å². The maximum absolute atomic E-state index is 5.69. The van der Waals surface area contributed by atoms with Crippen LogP contribution in [0.15, 0.2) is 47.1 Å². The zero-order chi connectivity index (χ0) is 14.2. The van der Waals surface area contributed by atoms with Gasteiger partial charge in [-0.05, 0) is 48.9 Å². The molecule has 0 amide bonds. The van der Waals surface area contributed by atoms with Crippen molar-refractivity contribution in [3.05, 3.63) is 58.3 Å². The molecule has 2 rings (SSSR count). The van der Waals surface area contributed by atoms with E-state index in [-0.39, 0.29) is 0 Å². The Morgan fingerprint density at radius 2 is 1.95 bits per heavy atom. The van der Waals surface area contributed by atoms with Gasteiger partial charge in [0.05, 0.1) is 5.69 Å². The molecule has 0 unspecified atom stereocenters. The normalized spacial score (nSPS) is 10.5. The molecule has 0 spiro atoms. The van der Waals surface area contributed by atoms with Crippen molar-refractivity contribution in [2.75, 3.05) is 6.54 Å². The summed E-state index contributed by atoms with van der Waals surface area (Å²) >= 11 is 3.40. The van der Waals surface area contributed by atoms with Crippen LogP contribution in [0.1, 0.15) is 24.6 Å². The first kappa shape index (κ1) is 15.0. The predicted molar refractivity (Wildman–Crippen MR) is 84.7 cm³/mol. The van der Waals surface area contributed by atoms with E-state index in [0.717, 1.165) is 35.4 Å². The van der Waals surface area contributed by atoms with Crippen molar-refractivity contribution in [3.8, 4) is 5.75 Å². The number of nitrogens with zero attached hydrogens (tertiary/aromatic N) is 1. The average molecular weight is 335 g/mol. The fraction of sp³-hybridized carbons (Fsp3) is 0.312. The number of pyridine rings is 1. The highest BCUT2D eigenvalue weighted by Crippen LogP contribution is 2.17. The summed E-state index contributed by atoms with van der Waals surface area (Å²) in [5.41, 5.74) is 2.14. The summed E-state index contributed by atoms with van der Waals surface area (Å²) in [4.78, 5) is 4.42. The maximum atomic E-state index is 5.69. The molecular weight excluding hydrogens is 316 g/mol. The molecule has 106 valence electrons. The van der Waals surface area contributed by atoms with Crippen molar-refractivity contribution in [2.45, 2.75) is 26.5 Å². The molecule has 0 saturated carbocycles. The Hall–Kier alpha value is -1.39. The lowest BCUT2D eigenvalue weighted by Crippen LogP contribution is -2.14. The number of hydrogen-bond donors (Lipinski definition) is 1. The minimum Gasteiger partial charge on any atom is -0.487 e. The van der Waals surface area contributed by atoms with Crippen molar-refractivity contribution < 1.29 is 4.74 Å². The van der Waals surface area contributed by atoms with Gasteiger partial charge in [0.25, 0.3) is 0 Å². The van der Waals surface area contributed by atoms with Gasteiger partial charge in [-0.2, -0.15) is 0 Å². The van der Waals surface area contributed by atoms with Gasteiger partial charge in [0.15, 0.2) is 0 Å². The van der Waals surface area contributed by atoms with Gasteiger partial charge in [-0.3, -0.25) is 4.98 Å². The predicted octanol–water partition coefficient (Wildman–Crippen LogP) is 3.92. The van der Waals surface area contributed by atoms with Gasteiger partial charge in [-0.1, -0.05) is 28.9 Å². The molecule has 0 radical (unpaired) electrons. The Labute approximate surface area is 128 Å². The van der Waals surface area contributed by atoms with Crippen LogP contribution in [0.3, 0.4) is 0 Å². The molecule has 1 aromatic heterocycles. The van der Waals surface area contributed by atoms with Crippen molar-refractivity contribution in [1.29, 1.82) is 0 Å². The molecule has 1 aromatic carbocycles. The molecule has 0 bridgehead atoms. The molecule has 4 heteroatoms. The lowest BCUT2D eigenvalue weighted by Gasteiger charge is -2.07. The van der Waals surface area contributed by atoms with Gasteiger partial charge in [0.1, 0.15) is 12.4 Å². The van der Waals surface area contributed by atoms with E-state index in [1.807, 2.05) is 36.5 Å². The number of rotatable bonds is 7. The lowest BCUT2D eigenvalue weighted by molar-refractivity contribution is 0.301. The van der Waals surface area contributed by atoms with E-state index in [1.54, 1.807) is 0 Å². The second-order valence-corrected chi connectivity index (χ2v) is 5.49. The molecule has 0 atom stereocenters. The Bertz CT molecular complexity index is 511. The number of hydrogen-bond acceptors (Lipinski definition) is 3. The summed E-state index contributed by atoms with van der Waals surface area (Å²) in [7, 11) is 0. The SMILES string of the molecule is CCCNCc1ccc(COc2ccc(Br)cc2)nc1. The number of ether oxygens (including phenoxy) is 1. The molecule has 1 heterocycles. The second-order valence-electron chi connectivity index (χ2n) is 4.58. The number of nitrogens with one attached hydrogen (secondary N) is 1. The Kier molecular flexibility index (Phi) is 6.02. The molecule has 3 nitrogen and oxygen atoms in total. The molecule has 20 heavy (non-hydrogen) atoms. The highest BCUT2D eigenvalue weighted by molar-refractivity contribution is 9.10. The molecule has 0 aliphatic heterocycles. The molecular formula is C16H19BrN2O. The Balaban J connectivity index is 1.82. The highest BCUT2D eigenvalue weighted by Gasteiger charge is 1.99. The number of halogens is 1. The highest BCUT2D eigenvalue weighted by atomic mass is 79.9. The molecule has 0 aliphatic carbocycles. The lowest BCUT2D eigenvalue weighted by atomic mass is 10.2. The van der Waals surface area contributed by atoms with Crippen LogP contribution in [-0.4, -0.2) is 11.5 Å². The van der Waals surface area contributed by atoms with Crippen LogP contribution in [-0.2, 0) is 13.2 Å². The minimum atomic E-state index is 0.490. The second kappa shape index (κ2) is 8.02. The average Bonchev–Trinajstić information content (AvgIpc) is 2.48. The van der Waals surface area contributed by atoms with E-state index in [9.17, 15) is 0 Å². The minimum absolute atomic E-state index is 0.490. The third-order valence-corrected chi connectivity index (χ3v) is 3.37. The van der Waals surface area contributed by atoms with Crippen LogP contribution in [0.4, 0.5) is 0 Å². The van der Waals surface area contributed by atoms with Gasteiger partial charge in [-0.25, -0.2) is 0 Å². The van der Waals surface area contributed by atoms with Crippen molar-refractivity contribution in [2.24, 2.45) is 0 Å². The van der Waals surface area contributed by atoms with Gasteiger partial charge in [0.2, 0.25) is 0 Å². The van der Waals surface area contributed by atoms with Crippen LogP contribution in [0, 0.1) is 0 Å². The van der Waals surface area contributed by atoms with E-state index < -0.39 is 0 Å². The quantitative estimate of drug-likeness (QED) is 0.779. The fourth-order valence-corrected chi connectivity index (χ4v) is 2.01. The molecule has 0 saturated heterocycles. The summed E-state index contributed by atoms with van der Waals surface area (Å²) in [5, 5.41) is 3.36. The van der Waals surface area contributed by atoms with E-state index >= 15 is 0 Å². The van der Waals surface area contributed by atoms with Gasteiger partial charge in [-0.15, -0.1) is 0 Å². The molecule has 0 fully saturated rings. The molecule has 1 N–H and O–H groups in total. The van der Waals surface area contributed by atoms with Crippen molar-refractivity contribution >= 4 is 15.9 Å². The van der Waals surface area contributed by atoms with E-state index in [2.05, 4.69) is 39.2 Å². The van der Waals surface area contributed by atoms with E-state index in [0.29, 0.717) is 6.61 Å². The Morgan fingerprint density at radius 1 is 1.15 bits per heavy atom. The van der Waals surface area contributed by atoms with Crippen LogP contribution in [0.25, 0.3) is 0 Å². The van der Waals surface area contributed by atoms with E-state index in [1.165, 1.54) is 5.56 Å². The topological polar surface area (TPSA) is 34.1 Å². The summed E-state index contributed by atoms with van der Waals surface area (Å²) in [6.45, 7) is 4.56. The summed E-state index contributed by atoms with van der Waals surface area (Å²) in [6, 6.07) is 11.9. The maximum Gasteiger partial charge on any atom is 0.130 e. The fourth-order valence-electron chi connectivity index (χ4n) is 1.74. The van der Waals surface area contributed by atoms with Gasteiger partial charge < -0.3 is 10.1 Å². The zero-order valence-electron chi connectivity index (χ0n) is 11.6. The van der Waals surface area contributed by atoms with Crippen LogP contribution < -0.4 is 10.1 Å². The number of benzene rings is 1. The van der Waals surface area contributed by atoms with Crippen molar-refractivity contribution in [3.63, 3.8) is 0 Å². The third kappa shape index (κ3) is 4.94.